The van der Waals surface area contributed by atoms with Crippen LogP contribution in [0.25, 0.3) is 0 Å². The van der Waals surface area contributed by atoms with E-state index >= 15 is 0 Å². The molecule has 0 heterocycles. The molecule has 0 atom stereocenters. The molecule has 0 saturated heterocycles. The van der Waals surface area contributed by atoms with E-state index in [0.717, 1.165) is 11.3 Å². The Balaban J connectivity index is 1.88. The first-order chi connectivity index (χ1) is 9.68. The number of hydrogen-bond acceptors (Lipinski definition) is 4. The number of aryl methyl sites for hydroxylation is 1. The Morgan fingerprint density at radius 3 is 2.60 bits per heavy atom. The summed E-state index contributed by atoms with van der Waals surface area (Å²) in [7, 11) is 0. The predicted molar refractivity (Wildman–Crippen MR) is 78.3 cm³/mol. The lowest BCUT2D eigenvalue weighted by Gasteiger charge is -2.10. The third kappa shape index (κ3) is 3.47. The van der Waals surface area contributed by atoms with Gasteiger partial charge in [-0.1, -0.05) is 30.3 Å². The minimum absolute atomic E-state index is 0.0726. The Morgan fingerprint density at radius 1 is 1.15 bits per heavy atom. The van der Waals surface area contributed by atoms with Crippen molar-refractivity contribution in [2.75, 3.05) is 18.5 Å². The molecule has 0 aromatic heterocycles. The molecule has 0 fully saturated rings. The van der Waals surface area contributed by atoms with Crippen molar-refractivity contribution in [1.82, 2.24) is 0 Å². The Morgan fingerprint density at radius 2 is 1.85 bits per heavy atom. The highest BCUT2D eigenvalue weighted by atomic mass is 16.6. The lowest BCUT2D eigenvalue weighted by Crippen LogP contribution is -2.12. The van der Waals surface area contributed by atoms with Crippen LogP contribution >= 0.6 is 0 Å². The summed E-state index contributed by atoms with van der Waals surface area (Å²) in [5, 5.41) is 13.9. The molecule has 0 saturated carbocycles. The lowest BCUT2D eigenvalue weighted by molar-refractivity contribution is -0.384. The second-order valence-electron chi connectivity index (χ2n) is 4.31. The predicted octanol–water partition coefficient (Wildman–Crippen LogP) is 3.39. The average molecular weight is 272 g/mol. The van der Waals surface area contributed by atoms with Crippen LogP contribution < -0.4 is 10.1 Å². The highest BCUT2D eigenvalue weighted by Gasteiger charge is 2.11. The highest BCUT2D eigenvalue weighted by Crippen LogP contribution is 2.22. The summed E-state index contributed by atoms with van der Waals surface area (Å²) in [6, 6.07) is 14.3. The molecule has 0 amide bonds. The molecule has 0 spiro atoms. The molecular weight excluding hydrogens is 256 g/mol. The molecular formula is C15H16N2O3. The fraction of sp³-hybridized carbons (Fsp3) is 0.200. The highest BCUT2D eigenvalue weighted by molar-refractivity contribution is 5.61. The van der Waals surface area contributed by atoms with Gasteiger partial charge in [-0.15, -0.1) is 0 Å². The monoisotopic (exact) mass is 272 g/mol. The number of anilines is 1. The molecule has 0 aliphatic heterocycles. The number of nitro groups is 1. The zero-order chi connectivity index (χ0) is 14.4. The van der Waals surface area contributed by atoms with Crippen LogP contribution in [-0.4, -0.2) is 18.1 Å². The van der Waals surface area contributed by atoms with Crippen LogP contribution in [0.5, 0.6) is 5.75 Å². The van der Waals surface area contributed by atoms with Crippen molar-refractivity contribution in [1.29, 1.82) is 0 Å². The summed E-state index contributed by atoms with van der Waals surface area (Å²) in [5.41, 5.74) is 1.65. The van der Waals surface area contributed by atoms with E-state index in [1.165, 1.54) is 6.07 Å². The average Bonchev–Trinajstić information content (AvgIpc) is 2.45. The number of nitrogens with zero attached hydrogens (tertiary/aromatic N) is 1. The number of nitrogens with one attached hydrogen (secondary N) is 1. The van der Waals surface area contributed by atoms with Crippen LogP contribution in [0, 0.1) is 17.0 Å². The number of ether oxygens (including phenoxy) is 1. The van der Waals surface area contributed by atoms with Gasteiger partial charge in [-0.25, -0.2) is 0 Å². The van der Waals surface area contributed by atoms with Crippen LogP contribution in [0.2, 0.25) is 0 Å². The third-order valence-electron chi connectivity index (χ3n) is 2.87. The Bertz CT molecular complexity index is 599. The van der Waals surface area contributed by atoms with Crippen molar-refractivity contribution in [3.8, 4) is 5.75 Å². The van der Waals surface area contributed by atoms with Gasteiger partial charge in [0.2, 0.25) is 0 Å². The van der Waals surface area contributed by atoms with Crippen molar-refractivity contribution in [2.45, 2.75) is 6.92 Å². The summed E-state index contributed by atoms with van der Waals surface area (Å²) in [4.78, 5) is 10.5. The normalized spacial score (nSPS) is 10.1. The van der Waals surface area contributed by atoms with Gasteiger partial charge < -0.3 is 10.1 Å². The van der Waals surface area contributed by atoms with Gasteiger partial charge in [0, 0.05) is 12.6 Å². The maximum Gasteiger partial charge on any atom is 0.292 e. The van der Waals surface area contributed by atoms with Crippen LogP contribution in [0.15, 0.2) is 48.5 Å². The molecule has 0 unspecified atom stereocenters. The van der Waals surface area contributed by atoms with Gasteiger partial charge in [-0.3, -0.25) is 10.1 Å². The van der Waals surface area contributed by atoms with E-state index in [1.54, 1.807) is 18.2 Å². The zero-order valence-electron chi connectivity index (χ0n) is 11.2. The molecule has 20 heavy (non-hydrogen) atoms. The minimum Gasteiger partial charge on any atom is -0.491 e. The Hall–Kier alpha value is -2.56. The number of rotatable bonds is 6. The maximum absolute atomic E-state index is 10.9. The Kier molecular flexibility index (Phi) is 4.55. The van der Waals surface area contributed by atoms with Crippen LogP contribution in [0.3, 0.4) is 0 Å². The molecule has 2 aromatic rings. The molecule has 0 aliphatic rings. The molecule has 0 bridgehead atoms. The number of benzene rings is 2. The van der Waals surface area contributed by atoms with Gasteiger partial charge in [0.15, 0.2) is 0 Å². The number of nitro benzene ring substituents is 1. The molecule has 5 nitrogen and oxygen atoms in total. The van der Waals surface area contributed by atoms with Crippen molar-refractivity contribution in [2.24, 2.45) is 0 Å². The first-order valence-corrected chi connectivity index (χ1v) is 6.34. The van der Waals surface area contributed by atoms with E-state index in [4.69, 9.17) is 4.74 Å². The summed E-state index contributed by atoms with van der Waals surface area (Å²) in [5.74, 6) is 0.830. The van der Waals surface area contributed by atoms with Gasteiger partial charge >= 0.3 is 0 Å². The molecule has 0 radical (unpaired) electrons. The summed E-state index contributed by atoms with van der Waals surface area (Å²) < 4.78 is 5.63. The first-order valence-electron chi connectivity index (χ1n) is 6.34. The van der Waals surface area contributed by atoms with E-state index < -0.39 is 4.92 Å². The third-order valence-corrected chi connectivity index (χ3v) is 2.87. The van der Waals surface area contributed by atoms with E-state index in [9.17, 15) is 10.1 Å². The van der Waals surface area contributed by atoms with E-state index in [-0.39, 0.29) is 5.69 Å². The quantitative estimate of drug-likeness (QED) is 0.497. The van der Waals surface area contributed by atoms with Gasteiger partial charge in [-0.2, -0.15) is 0 Å². The van der Waals surface area contributed by atoms with Crippen molar-refractivity contribution < 1.29 is 9.66 Å². The van der Waals surface area contributed by atoms with Crippen LogP contribution in [0.4, 0.5) is 11.4 Å². The second kappa shape index (κ2) is 6.56. The van der Waals surface area contributed by atoms with E-state index in [1.807, 2.05) is 31.2 Å². The SMILES string of the molecule is Cc1ccccc1OCCNc1ccccc1[N+](=O)[O-]. The molecule has 5 heteroatoms. The van der Waals surface area contributed by atoms with Crippen molar-refractivity contribution >= 4 is 11.4 Å². The van der Waals surface area contributed by atoms with E-state index in [0.29, 0.717) is 18.8 Å². The summed E-state index contributed by atoms with van der Waals surface area (Å²) >= 11 is 0. The summed E-state index contributed by atoms with van der Waals surface area (Å²) in [6.45, 7) is 2.92. The smallest absolute Gasteiger partial charge is 0.292 e. The largest absolute Gasteiger partial charge is 0.491 e. The molecule has 2 rings (SSSR count). The maximum atomic E-state index is 10.9. The standard InChI is InChI=1S/C15H16N2O3/c1-12-6-2-5-9-15(12)20-11-10-16-13-7-3-4-8-14(13)17(18)19/h2-9,16H,10-11H2,1H3. The summed E-state index contributed by atoms with van der Waals surface area (Å²) in [6.07, 6.45) is 0. The topological polar surface area (TPSA) is 64.4 Å². The molecule has 104 valence electrons. The van der Waals surface area contributed by atoms with Crippen LogP contribution in [0.1, 0.15) is 5.56 Å². The first kappa shape index (κ1) is 13.9. The van der Waals surface area contributed by atoms with Gasteiger partial charge in [0.25, 0.3) is 5.69 Å². The molecule has 1 N–H and O–H groups in total. The minimum atomic E-state index is -0.398. The molecule has 2 aromatic carbocycles. The van der Waals surface area contributed by atoms with Crippen molar-refractivity contribution in [3.05, 3.63) is 64.2 Å². The molecule has 0 aliphatic carbocycles. The Labute approximate surface area is 117 Å². The van der Waals surface area contributed by atoms with E-state index in [2.05, 4.69) is 5.32 Å². The zero-order valence-corrected chi connectivity index (χ0v) is 11.2. The van der Waals surface area contributed by atoms with Gasteiger partial charge in [0.05, 0.1) is 4.92 Å². The van der Waals surface area contributed by atoms with Crippen molar-refractivity contribution in [3.63, 3.8) is 0 Å². The fourth-order valence-electron chi connectivity index (χ4n) is 1.85. The van der Waals surface area contributed by atoms with Gasteiger partial charge in [0.1, 0.15) is 18.0 Å². The number of hydrogen-bond donors (Lipinski definition) is 1. The second-order valence-corrected chi connectivity index (χ2v) is 4.31. The number of para-hydroxylation sites is 3. The van der Waals surface area contributed by atoms with Crippen LogP contribution in [-0.2, 0) is 0 Å². The lowest BCUT2D eigenvalue weighted by atomic mass is 10.2. The fourth-order valence-corrected chi connectivity index (χ4v) is 1.85. The van der Waals surface area contributed by atoms with Gasteiger partial charge in [-0.05, 0) is 24.6 Å².